The molecule has 2 rings (SSSR count). The molecule has 2 unspecified atom stereocenters. The molecule has 1 aliphatic heterocycles. The minimum atomic E-state index is -0.0350. The number of halogens is 1. The van der Waals surface area contributed by atoms with E-state index in [1.54, 1.807) is 11.3 Å². The van der Waals surface area contributed by atoms with Crippen molar-refractivity contribution in [2.24, 2.45) is 5.84 Å². The maximum Gasteiger partial charge on any atom is 0.0931 e. The number of hydrazine groups is 1. The number of hydrogen-bond acceptors (Lipinski definition) is 5. The molecule has 108 valence electrons. The van der Waals surface area contributed by atoms with Gasteiger partial charge in [-0.05, 0) is 25.5 Å². The van der Waals surface area contributed by atoms with Crippen molar-refractivity contribution in [1.82, 2.24) is 10.3 Å². The third-order valence-corrected chi connectivity index (χ3v) is 5.41. The second kappa shape index (κ2) is 6.52. The summed E-state index contributed by atoms with van der Waals surface area (Å²) in [5.74, 6) is 5.84. The summed E-state index contributed by atoms with van der Waals surface area (Å²) in [5, 5.41) is 0. The third kappa shape index (κ3) is 3.12. The molecule has 0 saturated carbocycles. The summed E-state index contributed by atoms with van der Waals surface area (Å²) in [6.07, 6.45) is 1.01. The van der Waals surface area contributed by atoms with Crippen molar-refractivity contribution in [2.45, 2.75) is 31.8 Å². The molecule has 1 saturated heterocycles. The molecule has 0 spiro atoms. The van der Waals surface area contributed by atoms with Crippen LogP contribution in [-0.2, 0) is 4.74 Å². The lowest BCUT2D eigenvalue weighted by molar-refractivity contribution is -0.0324. The molecule has 1 aromatic heterocycles. The fraction of sp³-hybridized carbons (Fsp3) is 0.692. The second-order valence-corrected chi connectivity index (χ2v) is 6.80. The monoisotopic (exact) mass is 303 g/mol. The van der Waals surface area contributed by atoms with Crippen molar-refractivity contribution >= 4 is 22.9 Å². The van der Waals surface area contributed by atoms with Crippen molar-refractivity contribution in [1.29, 1.82) is 0 Å². The number of morpholine rings is 1. The Morgan fingerprint density at radius 1 is 1.53 bits per heavy atom. The lowest BCUT2D eigenvalue weighted by atomic mass is 9.86. The lowest BCUT2D eigenvalue weighted by Crippen LogP contribution is -2.58. The lowest BCUT2D eigenvalue weighted by Gasteiger charge is -2.47. The van der Waals surface area contributed by atoms with Gasteiger partial charge in [0, 0.05) is 23.5 Å². The number of rotatable bonds is 5. The molecule has 4 nitrogen and oxygen atoms in total. The van der Waals surface area contributed by atoms with Crippen LogP contribution in [-0.4, -0.2) is 36.7 Å². The summed E-state index contributed by atoms with van der Waals surface area (Å²) < 4.78 is 6.25. The van der Waals surface area contributed by atoms with Crippen LogP contribution < -0.4 is 11.3 Å². The van der Waals surface area contributed by atoms with Crippen LogP contribution in [0.2, 0.25) is 4.34 Å². The van der Waals surface area contributed by atoms with E-state index in [-0.39, 0.29) is 11.6 Å². The van der Waals surface area contributed by atoms with Crippen LogP contribution in [0.1, 0.15) is 31.2 Å². The molecule has 1 fully saturated rings. The fourth-order valence-electron chi connectivity index (χ4n) is 2.74. The van der Waals surface area contributed by atoms with E-state index in [2.05, 4.69) is 30.2 Å². The van der Waals surface area contributed by atoms with Gasteiger partial charge >= 0.3 is 0 Å². The van der Waals surface area contributed by atoms with Crippen LogP contribution in [0.3, 0.4) is 0 Å². The first-order valence-electron chi connectivity index (χ1n) is 6.66. The van der Waals surface area contributed by atoms with Crippen LogP contribution in [0, 0.1) is 0 Å². The van der Waals surface area contributed by atoms with E-state index in [1.807, 2.05) is 6.07 Å². The highest BCUT2D eigenvalue weighted by molar-refractivity contribution is 7.16. The van der Waals surface area contributed by atoms with Gasteiger partial charge in [-0.3, -0.25) is 16.2 Å². The minimum Gasteiger partial charge on any atom is -0.379 e. The highest BCUT2D eigenvalue weighted by Crippen LogP contribution is 2.38. The predicted molar refractivity (Wildman–Crippen MR) is 80.5 cm³/mol. The fourth-order valence-corrected chi connectivity index (χ4v) is 4.00. The van der Waals surface area contributed by atoms with E-state index >= 15 is 0 Å². The second-order valence-electron chi connectivity index (χ2n) is 5.05. The van der Waals surface area contributed by atoms with Crippen molar-refractivity contribution in [3.8, 4) is 0 Å². The number of thiophene rings is 1. The first-order chi connectivity index (χ1) is 9.11. The molecule has 6 heteroatoms. The van der Waals surface area contributed by atoms with Crippen LogP contribution in [0.5, 0.6) is 0 Å². The zero-order chi connectivity index (χ0) is 13.9. The first kappa shape index (κ1) is 15.2. The molecule has 2 heterocycles. The highest BCUT2D eigenvalue weighted by Gasteiger charge is 2.40. The highest BCUT2D eigenvalue weighted by atomic mass is 35.5. The van der Waals surface area contributed by atoms with Gasteiger partial charge in [0.15, 0.2) is 0 Å². The molecular weight excluding hydrogens is 282 g/mol. The maximum atomic E-state index is 6.06. The Hall–Kier alpha value is -0.170. The Morgan fingerprint density at radius 3 is 2.68 bits per heavy atom. The Balaban J connectivity index is 2.25. The molecule has 0 bridgehead atoms. The number of nitrogens with zero attached hydrogens (tertiary/aromatic N) is 1. The van der Waals surface area contributed by atoms with Crippen LogP contribution in [0.4, 0.5) is 0 Å². The number of ether oxygens (including phenoxy) is 1. The summed E-state index contributed by atoms with van der Waals surface area (Å²) >= 11 is 7.65. The Kier molecular flexibility index (Phi) is 5.22. The van der Waals surface area contributed by atoms with Gasteiger partial charge in [0.25, 0.3) is 0 Å². The van der Waals surface area contributed by atoms with Crippen LogP contribution >= 0.6 is 22.9 Å². The summed E-state index contributed by atoms with van der Waals surface area (Å²) in [6, 6.07) is 4.07. The van der Waals surface area contributed by atoms with Crippen molar-refractivity contribution in [3.63, 3.8) is 0 Å². The van der Waals surface area contributed by atoms with Crippen molar-refractivity contribution in [2.75, 3.05) is 26.3 Å². The van der Waals surface area contributed by atoms with Gasteiger partial charge in [0.05, 0.1) is 23.6 Å². The Morgan fingerprint density at radius 2 is 2.21 bits per heavy atom. The molecule has 3 N–H and O–H groups in total. The van der Waals surface area contributed by atoms with Gasteiger partial charge in [-0.1, -0.05) is 18.5 Å². The molecule has 19 heavy (non-hydrogen) atoms. The van der Waals surface area contributed by atoms with E-state index < -0.39 is 0 Å². The van der Waals surface area contributed by atoms with Crippen molar-refractivity contribution < 1.29 is 4.74 Å². The average molecular weight is 304 g/mol. The van der Waals surface area contributed by atoms with Gasteiger partial charge in [-0.2, -0.15) is 0 Å². The van der Waals surface area contributed by atoms with Gasteiger partial charge in [-0.25, -0.2) is 0 Å². The first-order valence-corrected chi connectivity index (χ1v) is 7.85. The quantitative estimate of drug-likeness (QED) is 0.648. The number of hydrogen-bond donors (Lipinski definition) is 2. The van der Waals surface area contributed by atoms with Crippen LogP contribution in [0.25, 0.3) is 0 Å². The molecule has 0 radical (unpaired) electrons. The summed E-state index contributed by atoms with van der Waals surface area (Å²) in [4.78, 5) is 3.65. The SMILES string of the molecule is CCC(C)(C(NN)c1ccc(Cl)s1)N1CCOCC1. The zero-order valence-electron chi connectivity index (χ0n) is 11.5. The van der Waals surface area contributed by atoms with Crippen molar-refractivity contribution in [3.05, 3.63) is 21.3 Å². The molecule has 1 aliphatic rings. The molecule has 1 aromatic rings. The number of nitrogens with two attached hydrogens (primary N) is 1. The summed E-state index contributed by atoms with van der Waals surface area (Å²) in [5.41, 5.74) is 2.95. The third-order valence-electron chi connectivity index (χ3n) is 4.12. The smallest absolute Gasteiger partial charge is 0.0931 e. The Labute approximate surface area is 123 Å². The minimum absolute atomic E-state index is 0.0350. The molecule has 0 aliphatic carbocycles. The normalized spacial score (nSPS) is 22.1. The summed E-state index contributed by atoms with van der Waals surface area (Å²) in [7, 11) is 0. The molecule has 0 amide bonds. The van der Waals surface area contributed by atoms with E-state index in [9.17, 15) is 0 Å². The van der Waals surface area contributed by atoms with E-state index in [0.717, 1.165) is 37.1 Å². The largest absolute Gasteiger partial charge is 0.379 e. The predicted octanol–water partition coefficient (Wildman–Crippen LogP) is 2.41. The van der Waals surface area contributed by atoms with Crippen LogP contribution in [0.15, 0.2) is 12.1 Å². The van der Waals surface area contributed by atoms with E-state index in [4.69, 9.17) is 22.2 Å². The maximum absolute atomic E-state index is 6.06. The molecular formula is C13H22ClN3OS. The molecule has 0 aromatic carbocycles. The van der Waals surface area contributed by atoms with Gasteiger partial charge in [-0.15, -0.1) is 11.3 Å². The van der Waals surface area contributed by atoms with E-state index in [1.165, 1.54) is 4.88 Å². The Bertz CT molecular complexity index is 408. The standard InChI is InChI=1S/C13H22ClN3OS/c1-3-13(2,17-6-8-18-9-7-17)12(16-15)10-4-5-11(14)19-10/h4-5,12,16H,3,6-9,15H2,1-2H3. The number of nitrogens with one attached hydrogen (secondary N) is 1. The van der Waals surface area contributed by atoms with Gasteiger partial charge in [0.1, 0.15) is 0 Å². The molecule has 2 atom stereocenters. The van der Waals surface area contributed by atoms with E-state index in [0.29, 0.717) is 0 Å². The van der Waals surface area contributed by atoms with Gasteiger partial charge in [0.2, 0.25) is 0 Å². The zero-order valence-corrected chi connectivity index (χ0v) is 13.1. The summed E-state index contributed by atoms with van der Waals surface area (Å²) in [6.45, 7) is 7.94. The van der Waals surface area contributed by atoms with Gasteiger partial charge < -0.3 is 4.74 Å². The topological polar surface area (TPSA) is 50.5 Å². The average Bonchev–Trinajstić information content (AvgIpc) is 2.86.